The predicted molar refractivity (Wildman–Crippen MR) is 115 cm³/mol. The number of rotatable bonds is 6. The minimum atomic E-state index is -3.43. The SMILES string of the molecule is CCS(=O)(=O)Nc1cccc(C2=NN(C(=O)c3ccco3)C(c3ccc(F)cc3)C2)c1. The first-order valence-corrected chi connectivity index (χ1v) is 11.3. The molecule has 0 saturated carbocycles. The average Bonchev–Trinajstić information content (AvgIpc) is 3.44. The van der Waals surface area contributed by atoms with E-state index in [9.17, 15) is 17.6 Å². The molecular formula is C22H20FN3O4S. The van der Waals surface area contributed by atoms with Gasteiger partial charge in [0, 0.05) is 12.1 Å². The Morgan fingerprint density at radius 1 is 1.19 bits per heavy atom. The number of benzene rings is 2. The van der Waals surface area contributed by atoms with Gasteiger partial charge in [-0.25, -0.2) is 17.8 Å². The Labute approximate surface area is 179 Å². The number of carbonyl (C=O) groups excluding carboxylic acids is 1. The number of nitrogens with zero attached hydrogens (tertiary/aromatic N) is 2. The van der Waals surface area contributed by atoms with E-state index in [1.807, 2.05) is 0 Å². The molecule has 0 spiro atoms. The molecule has 31 heavy (non-hydrogen) atoms. The summed E-state index contributed by atoms with van der Waals surface area (Å²) in [7, 11) is -3.43. The lowest BCUT2D eigenvalue weighted by molar-refractivity contribution is 0.0678. The van der Waals surface area contributed by atoms with E-state index in [0.29, 0.717) is 23.4 Å². The quantitative estimate of drug-likeness (QED) is 0.621. The fourth-order valence-corrected chi connectivity index (χ4v) is 3.97. The molecule has 1 N–H and O–H groups in total. The summed E-state index contributed by atoms with van der Waals surface area (Å²) >= 11 is 0. The van der Waals surface area contributed by atoms with Crippen LogP contribution in [0.25, 0.3) is 0 Å². The van der Waals surface area contributed by atoms with Crippen LogP contribution in [0.2, 0.25) is 0 Å². The van der Waals surface area contributed by atoms with Gasteiger partial charge in [0.15, 0.2) is 5.76 Å². The highest BCUT2D eigenvalue weighted by atomic mass is 32.2. The second kappa shape index (κ2) is 8.35. The number of nitrogens with one attached hydrogen (secondary N) is 1. The molecule has 1 amide bonds. The zero-order chi connectivity index (χ0) is 22.0. The third kappa shape index (κ3) is 4.51. The number of furan rings is 1. The smallest absolute Gasteiger partial charge is 0.310 e. The van der Waals surface area contributed by atoms with Crippen molar-refractivity contribution in [1.29, 1.82) is 0 Å². The predicted octanol–water partition coefficient (Wildman–Crippen LogP) is 4.17. The summed E-state index contributed by atoms with van der Waals surface area (Å²) in [6, 6.07) is 15.5. The molecular weight excluding hydrogens is 421 g/mol. The molecule has 3 aromatic rings. The van der Waals surface area contributed by atoms with Gasteiger partial charge >= 0.3 is 5.91 Å². The number of carbonyl (C=O) groups is 1. The maximum Gasteiger partial charge on any atom is 0.310 e. The van der Waals surface area contributed by atoms with Crippen molar-refractivity contribution in [3.63, 3.8) is 0 Å². The molecule has 1 unspecified atom stereocenters. The molecule has 1 aliphatic heterocycles. The normalized spacial score (nSPS) is 16.3. The van der Waals surface area contributed by atoms with Gasteiger partial charge in [0.2, 0.25) is 10.0 Å². The third-order valence-electron chi connectivity index (χ3n) is 4.95. The lowest BCUT2D eigenvalue weighted by Crippen LogP contribution is -2.26. The van der Waals surface area contributed by atoms with Crippen molar-refractivity contribution < 1.29 is 22.0 Å². The Bertz CT molecular complexity index is 1220. The van der Waals surface area contributed by atoms with Gasteiger partial charge in [0.1, 0.15) is 5.82 Å². The van der Waals surface area contributed by atoms with E-state index in [1.165, 1.54) is 23.4 Å². The van der Waals surface area contributed by atoms with Gasteiger partial charge in [-0.15, -0.1) is 0 Å². The summed E-state index contributed by atoms with van der Waals surface area (Å²) in [5.41, 5.74) is 2.42. The van der Waals surface area contributed by atoms with Gasteiger partial charge in [-0.3, -0.25) is 9.52 Å². The number of halogens is 1. The van der Waals surface area contributed by atoms with Gasteiger partial charge in [-0.1, -0.05) is 24.3 Å². The maximum atomic E-state index is 13.4. The van der Waals surface area contributed by atoms with E-state index in [-0.39, 0.29) is 17.3 Å². The Morgan fingerprint density at radius 3 is 2.65 bits per heavy atom. The van der Waals surface area contributed by atoms with E-state index in [1.54, 1.807) is 55.5 Å². The summed E-state index contributed by atoms with van der Waals surface area (Å²) in [5.74, 6) is -0.697. The van der Waals surface area contributed by atoms with E-state index in [0.717, 1.165) is 5.56 Å². The van der Waals surface area contributed by atoms with E-state index in [4.69, 9.17) is 4.42 Å². The van der Waals surface area contributed by atoms with Crippen LogP contribution in [-0.2, 0) is 10.0 Å². The van der Waals surface area contributed by atoms with Crippen LogP contribution in [0.5, 0.6) is 0 Å². The van der Waals surface area contributed by atoms with E-state index in [2.05, 4.69) is 9.82 Å². The highest BCUT2D eigenvalue weighted by Crippen LogP contribution is 2.34. The second-order valence-electron chi connectivity index (χ2n) is 7.03. The van der Waals surface area contributed by atoms with Crippen LogP contribution >= 0.6 is 0 Å². The molecule has 1 aliphatic rings. The fraction of sp³-hybridized carbons (Fsp3) is 0.182. The van der Waals surface area contributed by atoms with Gasteiger partial charge < -0.3 is 4.42 Å². The number of hydrogen-bond donors (Lipinski definition) is 1. The zero-order valence-electron chi connectivity index (χ0n) is 16.7. The summed E-state index contributed by atoms with van der Waals surface area (Å²) in [5, 5.41) is 5.85. The monoisotopic (exact) mass is 441 g/mol. The number of hydrogen-bond acceptors (Lipinski definition) is 5. The van der Waals surface area contributed by atoms with Crippen molar-refractivity contribution in [3.8, 4) is 0 Å². The lowest BCUT2D eigenvalue weighted by atomic mass is 9.98. The zero-order valence-corrected chi connectivity index (χ0v) is 17.5. The number of amides is 1. The Morgan fingerprint density at radius 2 is 1.97 bits per heavy atom. The first kappa shape index (κ1) is 20.8. The largest absolute Gasteiger partial charge is 0.459 e. The number of anilines is 1. The molecule has 1 atom stereocenters. The molecule has 4 rings (SSSR count). The highest BCUT2D eigenvalue weighted by molar-refractivity contribution is 7.92. The van der Waals surface area contributed by atoms with Crippen molar-refractivity contribution in [3.05, 3.63) is 89.6 Å². The van der Waals surface area contributed by atoms with Crippen molar-refractivity contribution in [2.75, 3.05) is 10.5 Å². The minimum absolute atomic E-state index is 0.0454. The Kier molecular flexibility index (Phi) is 5.60. The first-order chi connectivity index (χ1) is 14.9. The molecule has 2 heterocycles. The molecule has 160 valence electrons. The van der Waals surface area contributed by atoms with Crippen LogP contribution < -0.4 is 4.72 Å². The maximum absolute atomic E-state index is 13.4. The standard InChI is InChI=1S/C22H20FN3O4S/c1-2-31(28,29)25-18-6-3-5-16(13-18)19-14-20(15-8-10-17(23)11-9-15)26(24-19)22(27)21-7-4-12-30-21/h3-13,20,25H,2,14H2,1H3. The molecule has 2 aromatic carbocycles. The van der Waals surface area contributed by atoms with Crippen molar-refractivity contribution in [2.45, 2.75) is 19.4 Å². The van der Waals surface area contributed by atoms with Gasteiger partial charge in [0.25, 0.3) is 0 Å². The average molecular weight is 441 g/mol. The highest BCUT2D eigenvalue weighted by Gasteiger charge is 2.34. The molecule has 0 saturated heterocycles. The number of sulfonamides is 1. The molecule has 1 aromatic heterocycles. The topological polar surface area (TPSA) is 92.0 Å². The molecule has 0 radical (unpaired) electrons. The van der Waals surface area contributed by atoms with E-state index >= 15 is 0 Å². The molecule has 0 bridgehead atoms. The summed E-state index contributed by atoms with van der Waals surface area (Å²) < 4.78 is 45.0. The van der Waals surface area contributed by atoms with Crippen LogP contribution in [0.15, 0.2) is 76.4 Å². The van der Waals surface area contributed by atoms with Crippen molar-refractivity contribution in [1.82, 2.24) is 5.01 Å². The summed E-state index contributed by atoms with van der Waals surface area (Å²) in [6.45, 7) is 1.55. The van der Waals surface area contributed by atoms with Crippen LogP contribution in [-0.4, -0.2) is 30.8 Å². The Hall–Kier alpha value is -3.46. The van der Waals surface area contributed by atoms with Crippen LogP contribution in [0.4, 0.5) is 10.1 Å². The third-order valence-corrected chi connectivity index (χ3v) is 6.26. The molecule has 0 aliphatic carbocycles. The summed E-state index contributed by atoms with van der Waals surface area (Å²) in [4.78, 5) is 13.0. The molecule has 9 heteroatoms. The molecule has 0 fully saturated rings. The molecule has 7 nitrogen and oxygen atoms in total. The van der Waals surface area contributed by atoms with Gasteiger partial charge in [-0.05, 0) is 54.4 Å². The van der Waals surface area contributed by atoms with Gasteiger partial charge in [0.05, 0.1) is 23.8 Å². The van der Waals surface area contributed by atoms with Crippen LogP contribution in [0.1, 0.15) is 41.1 Å². The number of hydrazone groups is 1. The first-order valence-electron chi connectivity index (χ1n) is 9.67. The minimum Gasteiger partial charge on any atom is -0.459 e. The van der Waals surface area contributed by atoms with Crippen molar-refractivity contribution >= 4 is 27.3 Å². The van der Waals surface area contributed by atoms with Crippen LogP contribution in [0.3, 0.4) is 0 Å². The second-order valence-corrected chi connectivity index (χ2v) is 9.04. The fourth-order valence-electron chi connectivity index (χ4n) is 3.34. The van der Waals surface area contributed by atoms with Gasteiger partial charge in [-0.2, -0.15) is 5.10 Å². The lowest BCUT2D eigenvalue weighted by Gasteiger charge is -2.21. The van der Waals surface area contributed by atoms with Crippen molar-refractivity contribution in [2.24, 2.45) is 5.10 Å². The van der Waals surface area contributed by atoms with E-state index < -0.39 is 22.0 Å². The van der Waals surface area contributed by atoms with Crippen LogP contribution in [0, 0.1) is 5.82 Å². The summed E-state index contributed by atoms with van der Waals surface area (Å²) in [6.07, 6.45) is 1.78. The Balaban J connectivity index is 1.69.